The van der Waals surface area contributed by atoms with Gasteiger partial charge in [0.2, 0.25) is 6.10 Å². The van der Waals surface area contributed by atoms with Gasteiger partial charge in [0, 0.05) is 39.3 Å². The Morgan fingerprint density at radius 3 is 2.03 bits per heavy atom. The predicted molar refractivity (Wildman–Crippen MR) is 118 cm³/mol. The second kappa shape index (κ2) is 12.6. The summed E-state index contributed by atoms with van der Waals surface area (Å²) in [5.74, 6) is -2.74. The summed E-state index contributed by atoms with van der Waals surface area (Å²) in [5, 5.41) is 7.56. The number of nitrogens with zero attached hydrogens (tertiary/aromatic N) is 1. The number of aromatic nitrogens is 1. The number of ether oxygens (including phenoxy) is 5. The quantitative estimate of drug-likeness (QED) is 0.129. The molecule has 0 aromatic carbocycles. The van der Waals surface area contributed by atoms with Crippen LogP contribution in [0.5, 0.6) is 0 Å². The molecule has 0 bridgehead atoms. The fraction of sp³-hybridized carbons (Fsp3) is 0.500. The van der Waals surface area contributed by atoms with Gasteiger partial charge in [0.15, 0.2) is 24.6 Å². The molecule has 5 atom stereocenters. The van der Waals surface area contributed by atoms with Gasteiger partial charge in [-0.2, -0.15) is 4.57 Å². The smallest absolute Gasteiger partial charge is 0.304 e. The van der Waals surface area contributed by atoms with Gasteiger partial charge in [-0.25, -0.2) is 0 Å². The van der Waals surface area contributed by atoms with Crippen LogP contribution in [0.15, 0.2) is 24.5 Å². The molecule has 2 rings (SSSR count). The average Bonchev–Trinajstić information content (AvgIpc) is 2.68. The standard InChI is InChI=1S/C20H24N2O9S.BrH/c1-10(23)27-9-15-16(28-11(2)24)17(29-12(3)25)18(30-13(4)26)20(31-15)22-7-5-6-14(8-22)19(21)32;/h5-8,15-18,20H,9H2,1-4H3,(H-,21,32);1H. The summed E-state index contributed by atoms with van der Waals surface area (Å²) < 4.78 is 28.7. The molecule has 0 amide bonds. The van der Waals surface area contributed by atoms with Crippen LogP contribution in [0.4, 0.5) is 0 Å². The van der Waals surface area contributed by atoms with Crippen LogP contribution in [0.1, 0.15) is 39.5 Å². The highest BCUT2D eigenvalue weighted by atomic mass is 79.9. The molecule has 0 aliphatic carbocycles. The molecule has 13 heteroatoms. The molecule has 0 spiro atoms. The monoisotopic (exact) mass is 548 g/mol. The molecule has 182 valence electrons. The van der Waals surface area contributed by atoms with Crippen LogP contribution < -0.4 is 4.57 Å². The lowest BCUT2D eigenvalue weighted by Gasteiger charge is -2.41. The number of hydrogen-bond donors (Lipinski definition) is 1. The summed E-state index contributed by atoms with van der Waals surface area (Å²) >= 11 is 4.91. The number of rotatable bonds is 7. The van der Waals surface area contributed by atoms with Crippen molar-refractivity contribution in [2.45, 2.75) is 58.3 Å². The van der Waals surface area contributed by atoms with Crippen molar-refractivity contribution in [3.63, 3.8) is 0 Å². The lowest BCUT2D eigenvalue weighted by Crippen LogP contribution is -2.65. The Bertz CT molecular complexity index is 913. The van der Waals surface area contributed by atoms with Gasteiger partial charge >= 0.3 is 30.1 Å². The van der Waals surface area contributed by atoms with E-state index in [-0.39, 0.29) is 28.6 Å². The molecule has 1 aromatic heterocycles. The second-order valence-corrected chi connectivity index (χ2v) is 7.37. The van der Waals surface area contributed by atoms with Gasteiger partial charge in [-0.05, 0) is 6.07 Å². The molecule has 1 saturated heterocycles. The Labute approximate surface area is 206 Å². The molecular weight excluding hydrogens is 524 g/mol. The number of nitrogens with one attached hydrogen (secondary N) is 1. The van der Waals surface area contributed by atoms with E-state index in [1.54, 1.807) is 18.3 Å². The normalized spacial score (nSPS) is 23.9. The van der Waals surface area contributed by atoms with E-state index < -0.39 is 54.5 Å². The summed E-state index contributed by atoms with van der Waals surface area (Å²) in [6, 6.07) is 3.21. The summed E-state index contributed by atoms with van der Waals surface area (Å²) in [5.41, 5.74) is 0.385. The van der Waals surface area contributed by atoms with Gasteiger partial charge in [-0.1, -0.05) is 5.04 Å². The zero-order valence-electron chi connectivity index (χ0n) is 18.3. The van der Waals surface area contributed by atoms with Gasteiger partial charge in [-0.15, -0.1) is 17.0 Å². The molecule has 11 nitrogen and oxygen atoms in total. The Morgan fingerprint density at radius 1 is 0.970 bits per heavy atom. The van der Waals surface area contributed by atoms with Gasteiger partial charge in [0.05, 0.1) is 0 Å². The maximum absolute atomic E-state index is 11.9. The third-order valence-corrected chi connectivity index (χ3v) is 4.58. The molecule has 0 saturated carbocycles. The van der Waals surface area contributed by atoms with E-state index in [1.807, 2.05) is 0 Å². The van der Waals surface area contributed by atoms with Crippen LogP contribution >= 0.6 is 17.0 Å². The van der Waals surface area contributed by atoms with Crippen molar-refractivity contribution in [1.82, 2.24) is 0 Å². The van der Waals surface area contributed by atoms with Crippen LogP contribution in [-0.2, 0) is 55.5 Å². The Balaban J connectivity index is 0.00000544. The first-order valence-electron chi connectivity index (χ1n) is 9.56. The summed E-state index contributed by atoms with van der Waals surface area (Å²) in [6.45, 7) is 4.32. The minimum atomic E-state index is -1.28. The van der Waals surface area contributed by atoms with Gasteiger partial charge in [0.25, 0.3) is 0 Å². The number of carbonyl (C=O) groups is 4. The average molecular weight is 549 g/mol. The number of halogens is 1. The molecule has 1 N–H and O–H groups in total. The molecule has 1 aliphatic rings. The van der Waals surface area contributed by atoms with E-state index in [2.05, 4.69) is 0 Å². The highest BCUT2D eigenvalue weighted by Crippen LogP contribution is 2.32. The highest BCUT2D eigenvalue weighted by molar-refractivity contribution is 8.93. The molecule has 1 aliphatic heterocycles. The first-order chi connectivity index (χ1) is 15.0. The van der Waals surface area contributed by atoms with Crippen molar-refractivity contribution < 1.29 is 47.4 Å². The molecule has 0 radical (unpaired) electrons. The minimum absolute atomic E-state index is 0. The topological polar surface area (TPSA) is 142 Å². The predicted octanol–water partition coefficient (Wildman–Crippen LogP) is 0.680. The molecule has 1 aromatic rings. The zero-order chi connectivity index (χ0) is 24.0. The third kappa shape index (κ3) is 8.02. The van der Waals surface area contributed by atoms with E-state index in [0.717, 1.165) is 20.8 Å². The first kappa shape index (κ1) is 28.4. The van der Waals surface area contributed by atoms with Crippen molar-refractivity contribution >= 4 is 58.5 Å². The Kier molecular flexibility index (Phi) is 10.8. The van der Waals surface area contributed by atoms with E-state index in [4.69, 9.17) is 41.7 Å². The first-order valence-corrected chi connectivity index (χ1v) is 9.97. The summed E-state index contributed by atoms with van der Waals surface area (Å²) in [4.78, 5) is 46.8. The molecular formula is C20H25BrN2O9S. The van der Waals surface area contributed by atoms with Crippen LogP contribution in [0.3, 0.4) is 0 Å². The second-order valence-electron chi connectivity index (χ2n) is 6.96. The molecule has 33 heavy (non-hydrogen) atoms. The van der Waals surface area contributed by atoms with E-state index in [1.165, 1.54) is 17.7 Å². The Hall–Kier alpha value is -2.64. The van der Waals surface area contributed by atoms with Crippen molar-refractivity contribution in [2.24, 2.45) is 0 Å². The third-order valence-electron chi connectivity index (χ3n) is 4.34. The highest BCUT2D eigenvalue weighted by Gasteiger charge is 2.56. The van der Waals surface area contributed by atoms with Gasteiger partial charge in [0.1, 0.15) is 12.7 Å². The molecule has 1 fully saturated rings. The van der Waals surface area contributed by atoms with E-state index >= 15 is 0 Å². The van der Waals surface area contributed by atoms with Crippen molar-refractivity contribution in [1.29, 1.82) is 5.41 Å². The SMILES string of the molecule is Br.CC(=O)OCC1OC([n+]2cccc(C(=N)[S-])c2)C(OC(C)=O)C(OC(C)=O)C1OC(C)=O. The molecule has 2 heterocycles. The lowest BCUT2D eigenvalue weighted by atomic mass is 9.97. The van der Waals surface area contributed by atoms with E-state index in [9.17, 15) is 19.2 Å². The van der Waals surface area contributed by atoms with Crippen LogP contribution in [0.25, 0.3) is 0 Å². The minimum Gasteiger partial charge on any atom is -0.760 e. The van der Waals surface area contributed by atoms with Crippen molar-refractivity contribution in [3.8, 4) is 0 Å². The molecule has 5 unspecified atom stereocenters. The largest absolute Gasteiger partial charge is 0.760 e. The fourth-order valence-electron chi connectivity index (χ4n) is 3.23. The van der Waals surface area contributed by atoms with Crippen LogP contribution in [0.2, 0.25) is 0 Å². The van der Waals surface area contributed by atoms with Crippen LogP contribution in [0, 0.1) is 5.41 Å². The maximum atomic E-state index is 11.9. The van der Waals surface area contributed by atoms with Crippen LogP contribution in [-0.4, -0.2) is 59.9 Å². The Morgan fingerprint density at radius 2 is 1.52 bits per heavy atom. The number of pyridine rings is 1. The van der Waals surface area contributed by atoms with Crippen molar-refractivity contribution in [3.05, 3.63) is 30.1 Å². The fourth-order valence-corrected chi connectivity index (χ4v) is 3.35. The number of carbonyl (C=O) groups excluding carboxylic acids is 4. The van der Waals surface area contributed by atoms with Gasteiger partial charge in [-0.3, -0.25) is 19.2 Å². The number of hydrogen-bond acceptors (Lipinski definition) is 11. The lowest BCUT2D eigenvalue weighted by molar-refractivity contribution is -0.777. The summed E-state index contributed by atoms with van der Waals surface area (Å²) in [6.07, 6.45) is -2.85. The number of esters is 4. The van der Waals surface area contributed by atoms with E-state index in [0.29, 0.717) is 5.56 Å². The van der Waals surface area contributed by atoms with Gasteiger partial charge < -0.3 is 41.7 Å². The van der Waals surface area contributed by atoms with Crippen molar-refractivity contribution in [2.75, 3.05) is 6.61 Å². The maximum Gasteiger partial charge on any atom is 0.304 e. The summed E-state index contributed by atoms with van der Waals surface area (Å²) in [7, 11) is 0. The zero-order valence-corrected chi connectivity index (χ0v) is 20.9.